The number of rotatable bonds is 43. The minimum atomic E-state index is -1.10. The highest BCUT2D eigenvalue weighted by Gasteiger charge is 2.42. The molecule has 124 heavy (non-hydrogen) atoms. The number of carbonyl (C=O) groups excluding carboxylic acids is 8. The minimum Gasteiger partial charge on any atom is -0.426 e. The molecule has 0 heterocycles. The maximum absolute atomic E-state index is 15.4. The van der Waals surface area contributed by atoms with Gasteiger partial charge in [0.25, 0.3) is 0 Å². The average Bonchev–Trinajstić information content (AvgIpc) is 0.742. The number of ether oxygens (including phenoxy) is 8. The Labute approximate surface area is 750 Å². The molecule has 4 aromatic rings. The highest BCUT2D eigenvalue weighted by Crippen LogP contribution is 2.56. The molecule has 0 saturated heterocycles. The van der Waals surface area contributed by atoms with Gasteiger partial charge in [0.1, 0.15) is 46.0 Å². The van der Waals surface area contributed by atoms with Crippen molar-refractivity contribution in [3.05, 3.63) is 105 Å². The molecular weight excluding hydrogens is 1550 g/mol. The molecule has 0 N–H and O–H groups in total. The molecule has 1 aliphatic rings. The molecule has 0 aliphatic heterocycles. The average molecular weight is 1720 g/mol. The van der Waals surface area contributed by atoms with Crippen LogP contribution in [0.25, 0.3) is 0 Å². The van der Waals surface area contributed by atoms with Gasteiger partial charge in [-0.2, -0.15) is 0 Å². The lowest BCUT2D eigenvalue weighted by Crippen LogP contribution is -2.29. The van der Waals surface area contributed by atoms with Gasteiger partial charge in [0, 0.05) is 92.4 Å². The summed E-state index contributed by atoms with van der Waals surface area (Å²) >= 11 is 0. The van der Waals surface area contributed by atoms with E-state index in [9.17, 15) is 0 Å². The molecule has 0 spiro atoms. The van der Waals surface area contributed by atoms with Gasteiger partial charge in [-0.15, -0.1) is 0 Å². The maximum Gasteiger partial charge on any atom is 0.316 e. The van der Waals surface area contributed by atoms with Crippen LogP contribution in [0.4, 0.5) is 0 Å². The number of esters is 8. The van der Waals surface area contributed by atoms with Crippen molar-refractivity contribution in [3.63, 3.8) is 0 Å². The zero-order valence-corrected chi connectivity index (χ0v) is 82.7. The lowest BCUT2D eigenvalue weighted by Gasteiger charge is -2.33. The Bertz CT molecular complexity index is 3650. The van der Waals surface area contributed by atoms with E-state index in [0.29, 0.717) is 95.9 Å². The van der Waals surface area contributed by atoms with Gasteiger partial charge in [-0.1, -0.05) is 213 Å². The van der Waals surface area contributed by atoms with Gasteiger partial charge in [0.2, 0.25) is 0 Å². The summed E-state index contributed by atoms with van der Waals surface area (Å²) < 4.78 is 55.8. The Morgan fingerprint density at radius 2 is 0.355 bits per heavy atom. The smallest absolute Gasteiger partial charge is 0.316 e. The van der Waals surface area contributed by atoms with Crippen molar-refractivity contribution in [2.24, 2.45) is 43.3 Å². The van der Waals surface area contributed by atoms with Crippen LogP contribution in [0.5, 0.6) is 46.0 Å². The first-order chi connectivity index (χ1) is 57.8. The molecule has 2 atom stereocenters. The summed E-state index contributed by atoms with van der Waals surface area (Å²) in [7, 11) is 0. The summed E-state index contributed by atoms with van der Waals surface area (Å²) in [6.45, 7) is 51.4. The van der Waals surface area contributed by atoms with Crippen molar-refractivity contribution >= 4 is 47.8 Å². The summed E-state index contributed by atoms with van der Waals surface area (Å²) in [5, 5.41) is 0. The summed E-state index contributed by atoms with van der Waals surface area (Å²) in [4.78, 5) is 123. The SMILES string of the molecule is C/C=C/CCCCCCCC1c2cc(c(OC(=O)C(C)(C)C)cc2OC(=O)C(C)(C)C)C(CCCCCCCCCC)c2cc(c(OC(=O)C(C)(C)C)cc2OC(=O)C(C)(C)C)C(CCCCCCCCCC)c2cc(c(OC(=O)C(C)(C)C)cc2OC(=O)C(C)(C)C)C(CCCCCCCCCC)c2cc1c(OC(=O)C(C)(C)C)cc2OC(=O)C(C)(C)C. The Kier molecular flexibility index (Phi) is 41.8. The number of fused-ring (bicyclic) bond motifs is 8. The Morgan fingerprint density at radius 3 is 0.492 bits per heavy atom. The molecule has 1 aliphatic carbocycles. The molecule has 16 nitrogen and oxygen atoms in total. The van der Waals surface area contributed by atoms with Crippen LogP contribution < -0.4 is 37.9 Å². The second-order valence-corrected chi connectivity index (χ2v) is 43.7. The van der Waals surface area contributed by atoms with E-state index in [2.05, 4.69) is 32.9 Å². The van der Waals surface area contributed by atoms with E-state index in [4.69, 9.17) is 37.9 Å². The van der Waals surface area contributed by atoms with E-state index >= 15 is 38.4 Å². The maximum atomic E-state index is 15.4. The van der Waals surface area contributed by atoms with Crippen molar-refractivity contribution in [3.8, 4) is 46.0 Å². The van der Waals surface area contributed by atoms with E-state index in [1.807, 2.05) is 31.2 Å². The zero-order valence-electron chi connectivity index (χ0n) is 82.7. The van der Waals surface area contributed by atoms with Gasteiger partial charge in [-0.3, -0.25) is 38.4 Å². The van der Waals surface area contributed by atoms with Crippen LogP contribution in [-0.4, -0.2) is 47.8 Å². The van der Waals surface area contributed by atoms with Crippen LogP contribution in [0, 0.1) is 43.3 Å². The second kappa shape index (κ2) is 48.5. The lowest BCUT2D eigenvalue weighted by molar-refractivity contribution is -0.144. The molecule has 4 aromatic carbocycles. The van der Waals surface area contributed by atoms with Crippen molar-refractivity contribution in [2.75, 3.05) is 0 Å². The van der Waals surface area contributed by atoms with Gasteiger partial charge in [-0.05, 0) is 236 Å². The first-order valence-electron chi connectivity index (χ1n) is 47.9. The third kappa shape index (κ3) is 33.9. The molecule has 16 heteroatoms. The summed E-state index contributed by atoms with van der Waals surface area (Å²) in [5.41, 5.74) is -4.96. The van der Waals surface area contributed by atoms with Crippen LogP contribution in [0.2, 0.25) is 0 Å². The third-order valence-corrected chi connectivity index (χ3v) is 23.2. The highest BCUT2D eigenvalue weighted by atomic mass is 16.6. The first kappa shape index (κ1) is 107. The van der Waals surface area contributed by atoms with E-state index in [-0.39, 0.29) is 46.0 Å². The lowest BCUT2D eigenvalue weighted by atomic mass is 9.76. The molecule has 0 saturated carbocycles. The summed E-state index contributed by atoms with van der Waals surface area (Å²) in [5.74, 6) is -7.57. The van der Waals surface area contributed by atoms with E-state index in [1.165, 1.54) is 0 Å². The monoisotopic (exact) mass is 1720 g/mol. The van der Waals surface area contributed by atoms with Crippen LogP contribution in [0.15, 0.2) is 60.7 Å². The van der Waals surface area contributed by atoms with Gasteiger partial charge >= 0.3 is 47.8 Å². The molecular formula is C108H166O16. The summed E-state index contributed by atoms with van der Waals surface area (Å²) in [6, 6.07) is 14.7. The summed E-state index contributed by atoms with van der Waals surface area (Å²) in [6.07, 6.45) is 33.9. The quantitative estimate of drug-likeness (QED) is 0.0175. The second-order valence-electron chi connectivity index (χ2n) is 43.7. The Hall–Kier alpha value is -7.62. The third-order valence-electron chi connectivity index (χ3n) is 23.2. The molecule has 5 rings (SSSR count). The van der Waals surface area contributed by atoms with Gasteiger partial charge in [0.15, 0.2) is 0 Å². The van der Waals surface area contributed by atoms with Gasteiger partial charge < -0.3 is 37.9 Å². The molecule has 694 valence electrons. The molecule has 2 unspecified atom stereocenters. The largest absolute Gasteiger partial charge is 0.426 e. The van der Waals surface area contributed by atoms with Crippen LogP contribution in [0.1, 0.15) is 480 Å². The van der Waals surface area contributed by atoms with Gasteiger partial charge in [0.05, 0.1) is 43.3 Å². The predicted octanol–water partition coefficient (Wildman–Crippen LogP) is 30.0. The van der Waals surface area contributed by atoms with Crippen molar-refractivity contribution in [2.45, 2.75) is 436 Å². The minimum absolute atomic E-state index is 0.0772. The highest BCUT2D eigenvalue weighted by molar-refractivity contribution is 5.85. The number of hydrogen-bond donors (Lipinski definition) is 0. The fraction of sp³-hybridized carbons (Fsp3) is 0.685. The standard InChI is InChI=1S/C108H166O16/c1-29-33-37-41-45-49-53-57-61-73-77-65-79(87(119-95(111)103(11,12)13)69-85(77)117-93(109)101(5,6)7)74(62-58-54-50-46-42-38-34-30-2)81-67-83(91(123-99(115)107(23,24)25)71-89(81)121-97(113)105(17,18)19)76(64-60-56-52-48-44-40-36-32-4)84-68-82(90(122-98(114)106(20,21)22)72-92(84)124-100(116)108(26,27)28)75(63-59-55-51-47-43-39-35-31-3)80-66-78(73)86(118-94(110)102(8,9)10)70-88(80)120-96(112)104(14,15)16/h29,33,65-76H,30-32,34-64H2,1-28H3/b33-29+. The van der Waals surface area contributed by atoms with E-state index < -0.39 is 115 Å². The van der Waals surface area contributed by atoms with Crippen molar-refractivity contribution in [1.29, 1.82) is 0 Å². The first-order valence-corrected chi connectivity index (χ1v) is 47.9. The van der Waals surface area contributed by atoms with Crippen molar-refractivity contribution < 1.29 is 76.3 Å². The molecule has 0 aromatic heterocycles. The normalized spacial score (nSPS) is 15.5. The Balaban J connectivity index is 2.47. The molecule has 8 bridgehead atoms. The fourth-order valence-electron chi connectivity index (χ4n) is 15.0. The molecule has 0 fully saturated rings. The topological polar surface area (TPSA) is 210 Å². The molecule has 0 amide bonds. The van der Waals surface area contributed by atoms with Crippen LogP contribution >= 0.6 is 0 Å². The number of carbonyl (C=O) groups is 8. The van der Waals surface area contributed by atoms with E-state index in [0.717, 1.165) is 167 Å². The van der Waals surface area contributed by atoms with E-state index in [1.54, 1.807) is 190 Å². The van der Waals surface area contributed by atoms with Crippen molar-refractivity contribution in [1.82, 2.24) is 0 Å². The number of hydrogen-bond acceptors (Lipinski definition) is 16. The number of benzene rings is 4. The number of unbranched alkanes of at least 4 members (excludes halogenated alkanes) is 26. The predicted molar refractivity (Wildman–Crippen MR) is 503 cm³/mol. The zero-order chi connectivity index (χ0) is 92.9. The van der Waals surface area contributed by atoms with Crippen LogP contribution in [-0.2, 0) is 38.4 Å². The molecule has 0 radical (unpaired) electrons. The number of allylic oxidation sites excluding steroid dienone is 2. The van der Waals surface area contributed by atoms with Gasteiger partial charge in [-0.25, -0.2) is 0 Å². The Morgan fingerprint density at radius 1 is 0.218 bits per heavy atom. The van der Waals surface area contributed by atoms with Crippen LogP contribution in [0.3, 0.4) is 0 Å². The fourth-order valence-corrected chi connectivity index (χ4v) is 15.0.